The SMILES string of the molecule is N#Cc1ccc(CS(=O)(=O)Nc2ccc(=O)[nH]n2)cc1. The van der Waals surface area contributed by atoms with Crippen LogP contribution >= 0.6 is 0 Å². The molecule has 0 aliphatic rings. The van der Waals surface area contributed by atoms with Crippen LogP contribution in [0.2, 0.25) is 0 Å². The molecule has 0 bridgehead atoms. The van der Waals surface area contributed by atoms with Crippen molar-refractivity contribution in [1.29, 1.82) is 5.26 Å². The molecule has 0 atom stereocenters. The van der Waals surface area contributed by atoms with Crippen LogP contribution in [-0.2, 0) is 15.8 Å². The van der Waals surface area contributed by atoms with Gasteiger partial charge in [-0.05, 0) is 23.8 Å². The van der Waals surface area contributed by atoms with Crippen LogP contribution in [0.1, 0.15) is 11.1 Å². The predicted molar refractivity (Wildman–Crippen MR) is 72.3 cm³/mol. The van der Waals surface area contributed by atoms with Crippen LogP contribution in [0.25, 0.3) is 0 Å². The average molecular weight is 290 g/mol. The normalized spacial score (nSPS) is 10.8. The number of aromatic nitrogens is 2. The van der Waals surface area contributed by atoms with Gasteiger partial charge in [0.05, 0.1) is 17.4 Å². The number of benzene rings is 1. The Morgan fingerprint density at radius 2 is 1.90 bits per heavy atom. The molecule has 0 saturated heterocycles. The maximum Gasteiger partial charge on any atom is 0.264 e. The third kappa shape index (κ3) is 3.66. The van der Waals surface area contributed by atoms with Crippen molar-refractivity contribution in [2.75, 3.05) is 4.72 Å². The van der Waals surface area contributed by atoms with E-state index in [-0.39, 0.29) is 11.6 Å². The summed E-state index contributed by atoms with van der Waals surface area (Å²) in [5, 5.41) is 14.4. The second-order valence-electron chi connectivity index (χ2n) is 3.98. The van der Waals surface area contributed by atoms with Crippen molar-refractivity contribution in [1.82, 2.24) is 10.2 Å². The third-order valence-electron chi connectivity index (χ3n) is 2.38. The molecular weight excluding hydrogens is 280 g/mol. The van der Waals surface area contributed by atoms with Gasteiger partial charge in [0.15, 0.2) is 5.82 Å². The summed E-state index contributed by atoms with van der Waals surface area (Å²) in [7, 11) is -3.64. The fourth-order valence-corrected chi connectivity index (χ4v) is 2.63. The lowest BCUT2D eigenvalue weighted by atomic mass is 10.2. The molecular formula is C12H10N4O3S. The van der Waals surface area contributed by atoms with Gasteiger partial charge in [-0.3, -0.25) is 9.52 Å². The number of hydrogen-bond acceptors (Lipinski definition) is 5. The van der Waals surface area contributed by atoms with Gasteiger partial charge in [-0.2, -0.15) is 10.4 Å². The summed E-state index contributed by atoms with van der Waals surface area (Å²) in [6, 6.07) is 10.6. The molecule has 20 heavy (non-hydrogen) atoms. The Labute approximate surface area is 114 Å². The molecule has 2 N–H and O–H groups in total. The van der Waals surface area contributed by atoms with Crippen LogP contribution in [0, 0.1) is 11.3 Å². The van der Waals surface area contributed by atoms with Crippen LogP contribution in [0.3, 0.4) is 0 Å². The van der Waals surface area contributed by atoms with E-state index in [4.69, 9.17) is 5.26 Å². The van der Waals surface area contributed by atoms with E-state index in [0.29, 0.717) is 11.1 Å². The summed E-state index contributed by atoms with van der Waals surface area (Å²) in [6.07, 6.45) is 0. The summed E-state index contributed by atoms with van der Waals surface area (Å²) >= 11 is 0. The van der Waals surface area contributed by atoms with Crippen LogP contribution in [0.4, 0.5) is 5.82 Å². The highest BCUT2D eigenvalue weighted by Crippen LogP contribution is 2.10. The Balaban J connectivity index is 2.12. The first-order chi connectivity index (χ1) is 9.48. The van der Waals surface area contributed by atoms with Crippen molar-refractivity contribution in [3.63, 3.8) is 0 Å². The van der Waals surface area contributed by atoms with Gasteiger partial charge in [0, 0.05) is 6.07 Å². The zero-order chi connectivity index (χ0) is 14.6. The maximum absolute atomic E-state index is 11.9. The molecule has 1 aromatic heterocycles. The van der Waals surface area contributed by atoms with Gasteiger partial charge >= 0.3 is 0 Å². The number of nitrogens with zero attached hydrogens (tertiary/aromatic N) is 2. The summed E-state index contributed by atoms with van der Waals surface area (Å²) in [4.78, 5) is 10.8. The molecule has 0 spiro atoms. The predicted octanol–water partition coefficient (Wildman–Crippen LogP) is 0.583. The Morgan fingerprint density at radius 1 is 1.20 bits per heavy atom. The second kappa shape index (κ2) is 5.54. The lowest BCUT2D eigenvalue weighted by Crippen LogP contribution is -2.17. The molecule has 1 aromatic carbocycles. The molecule has 2 aromatic rings. The van der Waals surface area contributed by atoms with E-state index in [2.05, 4.69) is 14.9 Å². The van der Waals surface area contributed by atoms with E-state index in [9.17, 15) is 13.2 Å². The highest BCUT2D eigenvalue weighted by Gasteiger charge is 2.12. The van der Waals surface area contributed by atoms with E-state index in [0.717, 1.165) is 0 Å². The summed E-state index contributed by atoms with van der Waals surface area (Å²) in [5.74, 6) is -0.210. The molecule has 102 valence electrons. The van der Waals surface area contributed by atoms with Crippen molar-refractivity contribution >= 4 is 15.8 Å². The lowest BCUT2D eigenvalue weighted by molar-refractivity contribution is 0.600. The van der Waals surface area contributed by atoms with Gasteiger partial charge in [0.1, 0.15) is 0 Å². The lowest BCUT2D eigenvalue weighted by Gasteiger charge is -2.06. The van der Waals surface area contributed by atoms with Crippen molar-refractivity contribution in [2.24, 2.45) is 0 Å². The number of hydrogen-bond donors (Lipinski definition) is 2. The molecule has 0 unspecified atom stereocenters. The zero-order valence-electron chi connectivity index (χ0n) is 10.2. The van der Waals surface area contributed by atoms with Crippen LogP contribution in [-0.4, -0.2) is 18.6 Å². The van der Waals surface area contributed by atoms with Crippen molar-refractivity contribution in [2.45, 2.75) is 5.75 Å². The number of anilines is 1. The quantitative estimate of drug-likeness (QED) is 0.854. The first-order valence-corrected chi connectivity index (χ1v) is 7.19. The Kier molecular flexibility index (Phi) is 3.81. The molecule has 0 radical (unpaired) electrons. The van der Waals surface area contributed by atoms with Gasteiger partial charge in [0.2, 0.25) is 10.0 Å². The minimum atomic E-state index is -3.64. The minimum absolute atomic E-state index is 0.0400. The third-order valence-corrected chi connectivity index (χ3v) is 3.61. The second-order valence-corrected chi connectivity index (χ2v) is 5.70. The number of H-pyrrole nitrogens is 1. The molecule has 7 nitrogen and oxygen atoms in total. The molecule has 2 rings (SSSR count). The topological polar surface area (TPSA) is 116 Å². The summed E-state index contributed by atoms with van der Waals surface area (Å²) in [5.41, 5.74) is 0.586. The monoisotopic (exact) mass is 290 g/mol. The summed E-state index contributed by atoms with van der Waals surface area (Å²) < 4.78 is 26.0. The van der Waals surface area contributed by atoms with Gasteiger partial charge in [-0.15, -0.1) is 0 Å². The zero-order valence-corrected chi connectivity index (χ0v) is 11.0. The number of rotatable bonds is 4. The first kappa shape index (κ1) is 13.8. The van der Waals surface area contributed by atoms with E-state index in [1.165, 1.54) is 12.1 Å². The Hall–Kier alpha value is -2.66. The molecule has 1 heterocycles. The number of sulfonamides is 1. The van der Waals surface area contributed by atoms with Crippen LogP contribution in [0.15, 0.2) is 41.2 Å². The number of nitriles is 1. The number of aromatic amines is 1. The smallest absolute Gasteiger partial charge is 0.264 e. The largest absolute Gasteiger partial charge is 0.268 e. The van der Waals surface area contributed by atoms with Crippen molar-refractivity contribution in [3.05, 3.63) is 57.9 Å². The van der Waals surface area contributed by atoms with Crippen molar-refractivity contribution < 1.29 is 8.42 Å². The van der Waals surface area contributed by atoms with E-state index < -0.39 is 15.6 Å². The van der Waals surface area contributed by atoms with Crippen molar-refractivity contribution in [3.8, 4) is 6.07 Å². The standard InChI is InChI=1S/C12H10N4O3S/c13-7-9-1-3-10(4-2-9)8-20(18,19)16-11-5-6-12(17)15-14-11/h1-6H,8H2,(H,14,16)(H,15,17). The fraction of sp³-hybridized carbons (Fsp3) is 0.0833. The molecule has 0 aliphatic carbocycles. The molecule has 8 heteroatoms. The highest BCUT2D eigenvalue weighted by molar-refractivity contribution is 7.91. The Bertz CT molecular complexity index is 783. The Morgan fingerprint density at radius 3 is 2.45 bits per heavy atom. The average Bonchev–Trinajstić information content (AvgIpc) is 2.41. The van der Waals surface area contributed by atoms with Crippen LogP contribution in [0.5, 0.6) is 0 Å². The van der Waals surface area contributed by atoms with Gasteiger partial charge in [-0.1, -0.05) is 12.1 Å². The minimum Gasteiger partial charge on any atom is -0.268 e. The van der Waals surface area contributed by atoms with E-state index >= 15 is 0 Å². The van der Waals surface area contributed by atoms with Gasteiger partial charge < -0.3 is 0 Å². The van der Waals surface area contributed by atoms with E-state index in [1.54, 1.807) is 24.3 Å². The molecule has 0 amide bonds. The fourth-order valence-electron chi connectivity index (χ4n) is 1.49. The molecule has 0 saturated carbocycles. The van der Waals surface area contributed by atoms with Crippen LogP contribution < -0.4 is 10.3 Å². The molecule has 0 aliphatic heterocycles. The molecule has 0 fully saturated rings. The maximum atomic E-state index is 11.9. The highest BCUT2D eigenvalue weighted by atomic mass is 32.2. The summed E-state index contributed by atoms with van der Waals surface area (Å²) in [6.45, 7) is 0. The van der Waals surface area contributed by atoms with Gasteiger partial charge in [-0.25, -0.2) is 13.5 Å². The first-order valence-electron chi connectivity index (χ1n) is 5.54. The number of nitrogens with one attached hydrogen (secondary N) is 2. The van der Waals surface area contributed by atoms with Gasteiger partial charge in [0.25, 0.3) is 5.56 Å². The van der Waals surface area contributed by atoms with E-state index in [1.807, 2.05) is 6.07 Å².